The molecule has 0 bridgehead atoms. The summed E-state index contributed by atoms with van der Waals surface area (Å²) in [6, 6.07) is 12.2. The second kappa shape index (κ2) is 11.3. The van der Waals surface area contributed by atoms with E-state index in [2.05, 4.69) is 33.0 Å². The van der Waals surface area contributed by atoms with E-state index in [0.29, 0.717) is 52.9 Å². The van der Waals surface area contributed by atoms with Crippen LogP contribution in [0.5, 0.6) is 0 Å². The van der Waals surface area contributed by atoms with Gasteiger partial charge in [0.1, 0.15) is 0 Å². The Morgan fingerprint density at radius 2 is 1.85 bits per heavy atom. The summed E-state index contributed by atoms with van der Waals surface area (Å²) < 4.78 is 28.4. The molecular weight excluding hydrogens is 476 g/mol. The highest BCUT2D eigenvalue weighted by atomic mass is 35.5. The van der Waals surface area contributed by atoms with Crippen molar-refractivity contribution in [2.45, 2.75) is 55.2 Å². The molecule has 33 heavy (non-hydrogen) atoms. The van der Waals surface area contributed by atoms with E-state index in [4.69, 9.17) is 11.6 Å². The zero-order valence-corrected chi connectivity index (χ0v) is 22.1. The monoisotopic (exact) mass is 508 g/mol. The van der Waals surface area contributed by atoms with Gasteiger partial charge < -0.3 is 5.32 Å². The molecular formula is C25H33ClN2O3S2. The third-order valence-electron chi connectivity index (χ3n) is 5.70. The number of rotatable bonds is 8. The molecule has 0 radical (unpaired) electrons. The Morgan fingerprint density at radius 1 is 1.15 bits per heavy atom. The Morgan fingerprint density at radius 3 is 2.48 bits per heavy atom. The third-order valence-corrected chi connectivity index (χ3v) is 8.83. The van der Waals surface area contributed by atoms with Crippen LogP contribution in [0.3, 0.4) is 0 Å². The van der Waals surface area contributed by atoms with E-state index >= 15 is 0 Å². The summed E-state index contributed by atoms with van der Waals surface area (Å²) in [7, 11) is -3.69. The maximum Gasteiger partial charge on any atom is 0.252 e. The molecule has 1 saturated heterocycles. The molecule has 1 aliphatic rings. The number of carbonyl (C=O) groups is 1. The quantitative estimate of drug-likeness (QED) is 0.479. The van der Waals surface area contributed by atoms with E-state index in [1.807, 2.05) is 18.2 Å². The highest BCUT2D eigenvalue weighted by Crippen LogP contribution is 2.34. The largest absolute Gasteiger partial charge is 0.352 e. The van der Waals surface area contributed by atoms with Crippen LogP contribution in [0.2, 0.25) is 5.02 Å². The summed E-state index contributed by atoms with van der Waals surface area (Å²) in [5, 5.41) is 3.56. The van der Waals surface area contributed by atoms with Crippen molar-refractivity contribution in [1.29, 1.82) is 0 Å². The van der Waals surface area contributed by atoms with Crippen molar-refractivity contribution < 1.29 is 13.2 Å². The van der Waals surface area contributed by atoms with Crippen LogP contribution in [0.4, 0.5) is 0 Å². The number of halogens is 1. The predicted octanol–water partition coefficient (Wildman–Crippen LogP) is 5.93. The van der Waals surface area contributed by atoms with Crippen LogP contribution in [0.1, 0.15) is 50.9 Å². The summed E-state index contributed by atoms with van der Waals surface area (Å²) in [5.74, 6) is 0.804. The van der Waals surface area contributed by atoms with E-state index in [1.54, 1.807) is 22.5 Å². The lowest BCUT2D eigenvalue weighted by Gasteiger charge is -2.34. The molecule has 1 aliphatic heterocycles. The van der Waals surface area contributed by atoms with Gasteiger partial charge in [0.25, 0.3) is 5.91 Å². The van der Waals surface area contributed by atoms with Crippen molar-refractivity contribution in [2.75, 3.05) is 19.6 Å². The number of nitrogens with zero attached hydrogens (tertiary/aromatic N) is 1. The van der Waals surface area contributed by atoms with Crippen molar-refractivity contribution in [1.82, 2.24) is 9.62 Å². The standard InChI is InChI=1S/C25H33ClN2O3S2/c1-17(2)10-11-27-25(29)23-14-22(33(30,31)28-15-18(3)12-19(4)16-28)8-9-24(23)32-21-7-5-6-20(26)13-21/h5-9,13-14,17-19H,10-12,15-16H2,1-4H3,(H,27,29)/t18-,19-/m1/s1. The Balaban J connectivity index is 1.95. The summed E-state index contributed by atoms with van der Waals surface area (Å²) in [6.45, 7) is 9.90. The number of hydrogen-bond acceptors (Lipinski definition) is 4. The van der Waals surface area contributed by atoms with Gasteiger partial charge in [-0.05, 0) is 67.0 Å². The maximum atomic E-state index is 13.4. The minimum atomic E-state index is -3.69. The lowest BCUT2D eigenvalue weighted by atomic mass is 9.94. The van der Waals surface area contributed by atoms with E-state index < -0.39 is 10.0 Å². The van der Waals surface area contributed by atoms with Gasteiger partial charge in [0, 0.05) is 34.4 Å². The lowest BCUT2D eigenvalue weighted by Crippen LogP contribution is -2.42. The van der Waals surface area contributed by atoms with Gasteiger partial charge in [-0.25, -0.2) is 8.42 Å². The van der Waals surface area contributed by atoms with Gasteiger partial charge >= 0.3 is 0 Å². The molecule has 0 aliphatic carbocycles. The molecule has 0 aromatic heterocycles. The van der Waals surface area contributed by atoms with E-state index in [-0.39, 0.29) is 10.8 Å². The van der Waals surface area contributed by atoms with E-state index in [0.717, 1.165) is 17.7 Å². The first-order valence-electron chi connectivity index (χ1n) is 11.4. The van der Waals surface area contributed by atoms with Crippen LogP contribution in [0.15, 0.2) is 57.2 Å². The van der Waals surface area contributed by atoms with Gasteiger partial charge in [-0.1, -0.05) is 57.1 Å². The smallest absolute Gasteiger partial charge is 0.252 e. The number of amides is 1. The van der Waals surface area contributed by atoms with Crippen LogP contribution in [0, 0.1) is 17.8 Å². The number of sulfonamides is 1. The highest BCUT2D eigenvalue weighted by Gasteiger charge is 2.32. The van der Waals surface area contributed by atoms with Gasteiger partial charge in [0.2, 0.25) is 10.0 Å². The van der Waals surface area contributed by atoms with Crippen molar-refractivity contribution in [2.24, 2.45) is 17.8 Å². The average molecular weight is 509 g/mol. The first kappa shape index (κ1) is 26.1. The minimum absolute atomic E-state index is 0.160. The number of piperidine rings is 1. The Labute approximate surface area is 207 Å². The van der Waals surface area contributed by atoms with Gasteiger partial charge in [0.05, 0.1) is 10.5 Å². The van der Waals surface area contributed by atoms with E-state index in [1.165, 1.54) is 17.8 Å². The van der Waals surface area contributed by atoms with Crippen LogP contribution < -0.4 is 5.32 Å². The van der Waals surface area contributed by atoms with Gasteiger partial charge in [-0.3, -0.25) is 4.79 Å². The van der Waals surface area contributed by atoms with Crippen molar-refractivity contribution in [3.05, 3.63) is 53.1 Å². The molecule has 1 amide bonds. The predicted molar refractivity (Wildman–Crippen MR) is 136 cm³/mol. The van der Waals surface area contributed by atoms with Crippen molar-refractivity contribution in [3.8, 4) is 0 Å². The highest BCUT2D eigenvalue weighted by molar-refractivity contribution is 7.99. The molecule has 1 fully saturated rings. The van der Waals surface area contributed by atoms with Crippen molar-refractivity contribution in [3.63, 3.8) is 0 Å². The van der Waals surface area contributed by atoms with Crippen molar-refractivity contribution >= 4 is 39.3 Å². The summed E-state index contributed by atoms with van der Waals surface area (Å²) in [4.78, 5) is 14.8. The molecule has 2 aromatic rings. The lowest BCUT2D eigenvalue weighted by molar-refractivity contribution is 0.0949. The molecule has 8 heteroatoms. The molecule has 3 rings (SSSR count). The molecule has 180 valence electrons. The van der Waals surface area contributed by atoms with Gasteiger partial charge in [0.15, 0.2) is 0 Å². The summed E-state index contributed by atoms with van der Waals surface area (Å²) in [6.07, 6.45) is 1.87. The molecule has 0 unspecified atom stereocenters. The fourth-order valence-electron chi connectivity index (χ4n) is 4.11. The number of hydrogen-bond donors (Lipinski definition) is 1. The average Bonchev–Trinajstić information content (AvgIpc) is 2.73. The number of carbonyl (C=O) groups excluding carboxylic acids is 1. The zero-order valence-electron chi connectivity index (χ0n) is 19.7. The SMILES string of the molecule is CC(C)CCNC(=O)c1cc(S(=O)(=O)N2C[C@H](C)C[C@@H](C)C2)ccc1Sc1cccc(Cl)c1. The fourth-order valence-corrected chi connectivity index (χ4v) is 7.06. The summed E-state index contributed by atoms with van der Waals surface area (Å²) in [5.41, 5.74) is 0.364. The van der Waals surface area contributed by atoms with Crippen LogP contribution >= 0.6 is 23.4 Å². The van der Waals surface area contributed by atoms with Gasteiger partial charge in [-0.2, -0.15) is 4.31 Å². The third kappa shape index (κ3) is 6.98. The molecule has 2 aromatic carbocycles. The second-order valence-corrected chi connectivity index (χ2v) is 12.9. The van der Waals surface area contributed by atoms with Crippen LogP contribution in [0.25, 0.3) is 0 Å². The molecule has 2 atom stereocenters. The topological polar surface area (TPSA) is 66.5 Å². The number of benzene rings is 2. The molecule has 0 spiro atoms. The van der Waals surface area contributed by atoms with Crippen LogP contribution in [-0.2, 0) is 10.0 Å². The maximum absolute atomic E-state index is 13.4. The molecule has 0 saturated carbocycles. The van der Waals surface area contributed by atoms with Crippen LogP contribution in [-0.4, -0.2) is 38.3 Å². The Kier molecular flexibility index (Phi) is 8.89. The number of nitrogens with one attached hydrogen (secondary N) is 1. The second-order valence-electron chi connectivity index (χ2n) is 9.42. The Bertz CT molecular complexity index is 1080. The molecule has 1 N–H and O–H groups in total. The normalized spacial score (nSPS) is 19.6. The summed E-state index contributed by atoms with van der Waals surface area (Å²) >= 11 is 7.53. The first-order valence-corrected chi connectivity index (χ1v) is 14.1. The molecule has 5 nitrogen and oxygen atoms in total. The Hall–Kier alpha value is -1.54. The van der Waals surface area contributed by atoms with E-state index in [9.17, 15) is 13.2 Å². The fraction of sp³-hybridized carbons (Fsp3) is 0.480. The minimum Gasteiger partial charge on any atom is -0.352 e. The molecule has 1 heterocycles. The first-order chi connectivity index (χ1) is 15.6. The van der Waals surface area contributed by atoms with Gasteiger partial charge in [-0.15, -0.1) is 0 Å². The zero-order chi connectivity index (χ0) is 24.2.